The average molecular weight is 303 g/mol. The van der Waals surface area contributed by atoms with Crippen LogP contribution in [0.2, 0.25) is 0 Å². The van der Waals surface area contributed by atoms with Crippen LogP contribution < -0.4 is 11.4 Å². The van der Waals surface area contributed by atoms with Crippen LogP contribution in [0, 0.1) is 0 Å². The van der Waals surface area contributed by atoms with E-state index in [-0.39, 0.29) is 24.0 Å². The molecule has 21 heavy (non-hydrogen) atoms. The first-order chi connectivity index (χ1) is 10.0. The van der Waals surface area contributed by atoms with E-state index in [1.165, 1.54) is 0 Å². The fourth-order valence-corrected chi connectivity index (χ4v) is 2.02. The Balaban J connectivity index is 2.47. The summed E-state index contributed by atoms with van der Waals surface area (Å²) in [5.74, 6) is -0.237. The zero-order chi connectivity index (χ0) is 15.6. The maximum atomic E-state index is 14.1. The molecule has 3 atom stereocenters. The van der Waals surface area contributed by atoms with Gasteiger partial charge in [0, 0.05) is 17.3 Å². The van der Waals surface area contributed by atoms with Gasteiger partial charge in [-0.1, -0.05) is 0 Å². The topological polar surface area (TPSA) is 90.4 Å². The van der Waals surface area contributed by atoms with Gasteiger partial charge in [-0.2, -0.15) is 4.98 Å². The second kappa shape index (κ2) is 6.10. The smallest absolute Gasteiger partial charge is 0.351 e. The van der Waals surface area contributed by atoms with Gasteiger partial charge < -0.3 is 15.6 Å². The monoisotopic (exact) mass is 303 g/mol. The first kappa shape index (κ1) is 15.3. The van der Waals surface area contributed by atoms with Crippen LogP contribution in [0.25, 0.3) is 6.08 Å². The Morgan fingerprint density at radius 1 is 1.52 bits per heavy atom. The molecule has 9 heteroatoms. The molecule has 0 bridgehead atoms. The van der Waals surface area contributed by atoms with Crippen LogP contribution in [-0.2, 0) is 4.74 Å². The number of nitrogens with two attached hydrogens (primary N) is 1. The number of halogens is 3. The quantitative estimate of drug-likeness (QED) is 0.864. The highest BCUT2D eigenvalue weighted by Crippen LogP contribution is 2.35. The standard InChI is InChI=1S/C12H12F3N3O3/c13-2-1-6-4-18(12(20)17-10(6)16)11-9(15)7(3-14)8(5-19)21-11/h1-4,8-9,11,19H,5H2,(H2,16,17,20). The predicted octanol–water partition coefficient (Wildman–Crippen LogP) is 0.847. The first-order valence-corrected chi connectivity index (χ1v) is 5.89. The van der Waals surface area contributed by atoms with Crippen molar-refractivity contribution in [2.24, 2.45) is 0 Å². The molecule has 3 N–H and O–H groups in total. The average Bonchev–Trinajstić information content (AvgIpc) is 2.78. The summed E-state index contributed by atoms with van der Waals surface area (Å²) in [6, 6.07) is 0. The normalized spacial score (nSPS) is 27.8. The highest BCUT2D eigenvalue weighted by molar-refractivity contribution is 5.58. The Labute approximate surface area is 117 Å². The fraction of sp³-hybridized carbons (Fsp3) is 0.333. The third-order valence-corrected chi connectivity index (χ3v) is 3.06. The number of aliphatic hydroxyl groups excluding tert-OH is 1. The number of aliphatic hydroxyl groups is 1. The minimum absolute atomic E-state index is 0.0102. The van der Waals surface area contributed by atoms with Crippen LogP contribution in [0.1, 0.15) is 11.8 Å². The van der Waals surface area contributed by atoms with Crippen LogP contribution in [0.5, 0.6) is 0 Å². The molecule has 1 aromatic rings. The zero-order valence-electron chi connectivity index (χ0n) is 10.6. The molecule has 0 aromatic carbocycles. The van der Waals surface area contributed by atoms with Gasteiger partial charge in [0.05, 0.1) is 19.3 Å². The summed E-state index contributed by atoms with van der Waals surface area (Å²) < 4.78 is 44.8. The van der Waals surface area contributed by atoms with Crippen molar-refractivity contribution < 1.29 is 23.0 Å². The van der Waals surface area contributed by atoms with Crippen LogP contribution in [0.4, 0.5) is 19.0 Å². The molecule has 1 aliphatic heterocycles. The van der Waals surface area contributed by atoms with E-state index in [0.717, 1.165) is 16.8 Å². The Kier molecular flexibility index (Phi) is 4.43. The molecule has 1 aliphatic rings. The Hall–Kier alpha value is -2.13. The van der Waals surface area contributed by atoms with Gasteiger partial charge >= 0.3 is 5.69 Å². The van der Waals surface area contributed by atoms with E-state index < -0.39 is 36.4 Å². The molecule has 2 heterocycles. The number of hydrogen-bond donors (Lipinski definition) is 2. The number of aromatic nitrogens is 2. The van der Waals surface area contributed by atoms with Gasteiger partial charge in [-0.3, -0.25) is 4.57 Å². The van der Waals surface area contributed by atoms with Gasteiger partial charge in [0.15, 0.2) is 12.4 Å². The lowest BCUT2D eigenvalue weighted by Gasteiger charge is -2.16. The molecule has 0 amide bonds. The first-order valence-electron chi connectivity index (χ1n) is 5.89. The van der Waals surface area contributed by atoms with Gasteiger partial charge in [-0.15, -0.1) is 0 Å². The molecule has 6 nitrogen and oxygen atoms in total. The van der Waals surface area contributed by atoms with Crippen molar-refractivity contribution in [1.82, 2.24) is 9.55 Å². The summed E-state index contributed by atoms with van der Waals surface area (Å²) >= 11 is 0. The third kappa shape index (κ3) is 2.69. The Bertz CT molecular complexity index is 644. The highest BCUT2D eigenvalue weighted by Gasteiger charge is 2.42. The number of nitrogen functional groups attached to an aromatic ring is 1. The summed E-state index contributed by atoms with van der Waals surface area (Å²) in [6.45, 7) is -0.652. The molecule has 0 saturated carbocycles. The van der Waals surface area contributed by atoms with Crippen LogP contribution in [-0.4, -0.2) is 33.5 Å². The van der Waals surface area contributed by atoms with Crippen LogP contribution in [0.15, 0.2) is 29.2 Å². The van der Waals surface area contributed by atoms with Crippen LogP contribution in [0.3, 0.4) is 0 Å². The summed E-state index contributed by atoms with van der Waals surface area (Å²) in [7, 11) is 0. The number of nitrogens with zero attached hydrogens (tertiary/aromatic N) is 2. The van der Waals surface area contributed by atoms with Gasteiger partial charge in [0.1, 0.15) is 11.9 Å². The summed E-state index contributed by atoms with van der Waals surface area (Å²) in [5.41, 5.74) is 4.10. The number of alkyl halides is 1. The lowest BCUT2D eigenvalue weighted by Crippen LogP contribution is -2.31. The van der Waals surface area contributed by atoms with Crippen molar-refractivity contribution >= 4 is 11.9 Å². The van der Waals surface area contributed by atoms with Crippen LogP contribution >= 0.6 is 0 Å². The molecular formula is C12H12F3N3O3. The molecule has 114 valence electrons. The molecule has 1 saturated heterocycles. The number of hydrogen-bond acceptors (Lipinski definition) is 5. The zero-order valence-corrected chi connectivity index (χ0v) is 10.6. The van der Waals surface area contributed by atoms with Crippen molar-refractivity contribution in [3.63, 3.8) is 0 Å². The Morgan fingerprint density at radius 2 is 2.24 bits per heavy atom. The predicted molar refractivity (Wildman–Crippen MR) is 68.1 cm³/mol. The van der Waals surface area contributed by atoms with Gasteiger partial charge in [0.2, 0.25) is 0 Å². The van der Waals surface area contributed by atoms with Crippen molar-refractivity contribution in [3.05, 3.63) is 40.5 Å². The number of anilines is 1. The SMILES string of the molecule is Nc1nc(=O)n(C2OC(CO)C(=CF)C2F)cc1C=CF. The molecular weight excluding hydrogens is 291 g/mol. The molecule has 0 aliphatic carbocycles. The van der Waals surface area contributed by atoms with Gasteiger partial charge in [0.25, 0.3) is 0 Å². The molecule has 1 fully saturated rings. The summed E-state index contributed by atoms with van der Waals surface area (Å²) in [6.07, 6.45) is -2.57. The second-order valence-corrected chi connectivity index (χ2v) is 4.27. The van der Waals surface area contributed by atoms with E-state index in [2.05, 4.69) is 4.98 Å². The summed E-state index contributed by atoms with van der Waals surface area (Å²) in [5, 5.41) is 9.02. The van der Waals surface area contributed by atoms with Crippen molar-refractivity contribution in [2.75, 3.05) is 12.3 Å². The minimum Gasteiger partial charge on any atom is -0.393 e. The van der Waals surface area contributed by atoms with E-state index in [4.69, 9.17) is 15.6 Å². The molecule has 0 radical (unpaired) electrons. The summed E-state index contributed by atoms with van der Waals surface area (Å²) in [4.78, 5) is 15.2. The third-order valence-electron chi connectivity index (χ3n) is 3.06. The molecule has 2 rings (SSSR count). The van der Waals surface area contributed by atoms with E-state index in [1.807, 2.05) is 0 Å². The largest absolute Gasteiger partial charge is 0.393 e. The molecule has 3 unspecified atom stereocenters. The number of rotatable bonds is 3. The van der Waals surface area contributed by atoms with Crippen molar-refractivity contribution in [3.8, 4) is 0 Å². The van der Waals surface area contributed by atoms with E-state index in [9.17, 15) is 18.0 Å². The molecule has 0 spiro atoms. The van der Waals surface area contributed by atoms with E-state index in [0.29, 0.717) is 0 Å². The second-order valence-electron chi connectivity index (χ2n) is 4.27. The lowest BCUT2D eigenvalue weighted by atomic mass is 10.1. The molecule has 1 aromatic heterocycles. The lowest BCUT2D eigenvalue weighted by molar-refractivity contribution is -0.0375. The maximum Gasteiger partial charge on any atom is 0.351 e. The van der Waals surface area contributed by atoms with E-state index >= 15 is 0 Å². The fourth-order valence-electron chi connectivity index (χ4n) is 2.02. The maximum absolute atomic E-state index is 14.1. The minimum atomic E-state index is -1.99. The Morgan fingerprint density at radius 3 is 2.76 bits per heavy atom. The van der Waals surface area contributed by atoms with Crippen molar-refractivity contribution in [2.45, 2.75) is 18.5 Å². The van der Waals surface area contributed by atoms with E-state index in [1.54, 1.807) is 0 Å². The van der Waals surface area contributed by atoms with Gasteiger partial charge in [-0.25, -0.2) is 18.0 Å². The van der Waals surface area contributed by atoms with Gasteiger partial charge in [-0.05, 0) is 6.08 Å². The number of ether oxygens (including phenoxy) is 1. The highest BCUT2D eigenvalue weighted by atomic mass is 19.1. The van der Waals surface area contributed by atoms with Crippen molar-refractivity contribution in [1.29, 1.82) is 0 Å².